The van der Waals surface area contributed by atoms with E-state index in [2.05, 4.69) is 4.98 Å². The lowest BCUT2D eigenvalue weighted by Gasteiger charge is -2.13. The molecule has 0 saturated heterocycles. The molecule has 0 aliphatic rings. The number of carbonyl (C=O) groups excluding carboxylic acids is 1. The highest BCUT2D eigenvalue weighted by molar-refractivity contribution is 7.07. The van der Waals surface area contributed by atoms with Gasteiger partial charge in [-0.05, 0) is 23.8 Å². The molecule has 0 saturated carbocycles. The van der Waals surface area contributed by atoms with Gasteiger partial charge in [0.25, 0.3) is 5.56 Å². The summed E-state index contributed by atoms with van der Waals surface area (Å²) in [6.45, 7) is 6.05. The molecule has 0 radical (unpaired) electrons. The first kappa shape index (κ1) is 19.0. The van der Waals surface area contributed by atoms with Crippen LogP contribution in [0.15, 0.2) is 59.5 Å². The Kier molecular flexibility index (Phi) is 5.51. The van der Waals surface area contributed by atoms with Gasteiger partial charge in [0.15, 0.2) is 5.78 Å². The molecule has 3 rings (SSSR count). The van der Waals surface area contributed by atoms with Crippen LogP contribution in [-0.4, -0.2) is 15.3 Å². The molecule has 0 spiro atoms. The van der Waals surface area contributed by atoms with Crippen molar-refractivity contribution < 1.29 is 4.79 Å². The van der Waals surface area contributed by atoms with Gasteiger partial charge in [0.05, 0.1) is 16.8 Å². The summed E-state index contributed by atoms with van der Waals surface area (Å²) in [4.78, 5) is 29.8. The second-order valence-electron chi connectivity index (χ2n) is 7.34. The Morgan fingerprint density at radius 1 is 1.11 bits per heavy atom. The molecule has 1 aromatic carbocycles. The van der Waals surface area contributed by atoms with Crippen molar-refractivity contribution in [2.75, 3.05) is 0 Å². The topological polar surface area (TPSA) is 52.0 Å². The first-order chi connectivity index (χ1) is 12.8. The molecule has 5 heteroatoms. The number of hydrogen-bond donors (Lipinski definition) is 0. The normalized spacial score (nSPS) is 13.1. The number of Topliss-reactive ketones (excluding diaryl/α,β-unsaturated/α-hetero) is 1. The standard InChI is InChI=1S/C22H22N2O2S/c1-22(2,3)19(25)14-20-24(15-16-9-5-4-6-10-16)21(26)18(27-20)13-17-11-7-8-12-23-17/h4-14H,15H2,1-3H3/b18-13-,20-14-. The SMILES string of the molecule is CC(C)(C)C(=O)/C=c1\s/c(=C\c2ccccn2)c(=O)n1Cc1ccccc1. The van der Waals surface area contributed by atoms with Crippen LogP contribution in [0.1, 0.15) is 32.0 Å². The van der Waals surface area contributed by atoms with Crippen LogP contribution in [0.2, 0.25) is 0 Å². The third-order valence-corrected chi connectivity index (χ3v) is 5.14. The van der Waals surface area contributed by atoms with Crippen molar-refractivity contribution >= 4 is 29.3 Å². The molecule has 0 fully saturated rings. The Labute approximate surface area is 162 Å². The smallest absolute Gasteiger partial charge is 0.269 e. The Morgan fingerprint density at radius 2 is 1.81 bits per heavy atom. The number of rotatable bonds is 4. The zero-order chi connectivity index (χ0) is 19.4. The number of benzene rings is 1. The summed E-state index contributed by atoms with van der Waals surface area (Å²) in [5.74, 6) is -0.00468. The van der Waals surface area contributed by atoms with Crippen LogP contribution in [0, 0.1) is 5.41 Å². The summed E-state index contributed by atoms with van der Waals surface area (Å²) in [6, 6.07) is 15.3. The highest BCUT2D eigenvalue weighted by atomic mass is 32.1. The predicted octanol–water partition coefficient (Wildman–Crippen LogP) is 2.58. The van der Waals surface area contributed by atoms with E-state index in [1.807, 2.05) is 69.3 Å². The summed E-state index contributed by atoms with van der Waals surface area (Å²) < 4.78 is 2.89. The number of thiazole rings is 1. The summed E-state index contributed by atoms with van der Waals surface area (Å²) in [6.07, 6.45) is 5.05. The fourth-order valence-corrected chi connectivity index (χ4v) is 3.51. The van der Waals surface area contributed by atoms with Crippen molar-refractivity contribution in [3.05, 3.63) is 85.5 Å². The minimum Gasteiger partial charge on any atom is -0.294 e. The van der Waals surface area contributed by atoms with E-state index in [1.54, 1.807) is 22.9 Å². The molecule has 0 atom stereocenters. The Morgan fingerprint density at radius 3 is 2.44 bits per heavy atom. The maximum atomic E-state index is 13.0. The van der Waals surface area contributed by atoms with Crippen molar-refractivity contribution in [1.82, 2.24) is 9.55 Å². The molecular weight excluding hydrogens is 356 g/mol. The molecule has 4 nitrogen and oxygen atoms in total. The first-order valence-electron chi connectivity index (χ1n) is 8.77. The summed E-state index contributed by atoms with van der Waals surface area (Å²) in [5.41, 5.74) is 1.13. The number of ketones is 1. The number of carbonyl (C=O) groups is 1. The lowest BCUT2D eigenvalue weighted by molar-refractivity contribution is -0.120. The average molecular weight is 378 g/mol. The van der Waals surface area contributed by atoms with E-state index in [1.165, 1.54) is 11.3 Å². The van der Waals surface area contributed by atoms with Gasteiger partial charge in [-0.1, -0.05) is 57.2 Å². The highest BCUT2D eigenvalue weighted by Crippen LogP contribution is 2.14. The molecule has 0 aliphatic heterocycles. The summed E-state index contributed by atoms with van der Waals surface area (Å²) >= 11 is 1.32. The van der Waals surface area contributed by atoms with Crippen LogP contribution in [0.4, 0.5) is 0 Å². The largest absolute Gasteiger partial charge is 0.294 e. The lowest BCUT2D eigenvalue weighted by atomic mass is 9.91. The maximum absolute atomic E-state index is 13.0. The van der Waals surface area contributed by atoms with Crippen molar-refractivity contribution in [3.63, 3.8) is 0 Å². The third kappa shape index (κ3) is 4.68. The average Bonchev–Trinajstić information content (AvgIpc) is 2.91. The van der Waals surface area contributed by atoms with E-state index in [-0.39, 0.29) is 11.3 Å². The molecule has 138 valence electrons. The molecule has 0 N–H and O–H groups in total. The van der Waals surface area contributed by atoms with E-state index in [0.29, 0.717) is 15.7 Å². The molecule has 2 heterocycles. The van der Waals surface area contributed by atoms with Gasteiger partial charge >= 0.3 is 0 Å². The molecule has 0 bridgehead atoms. The summed E-state index contributed by atoms with van der Waals surface area (Å²) in [5, 5.41) is 0. The van der Waals surface area contributed by atoms with Crippen LogP contribution in [0.25, 0.3) is 12.2 Å². The predicted molar refractivity (Wildman–Crippen MR) is 110 cm³/mol. The molecular formula is C22H22N2O2S. The van der Waals surface area contributed by atoms with Crippen molar-refractivity contribution in [2.45, 2.75) is 27.3 Å². The number of aromatic nitrogens is 2. The van der Waals surface area contributed by atoms with Crippen LogP contribution >= 0.6 is 11.3 Å². The van der Waals surface area contributed by atoms with Crippen LogP contribution in [0.5, 0.6) is 0 Å². The van der Waals surface area contributed by atoms with E-state index < -0.39 is 5.41 Å². The monoisotopic (exact) mass is 378 g/mol. The second-order valence-corrected chi connectivity index (χ2v) is 8.40. The van der Waals surface area contributed by atoms with Gasteiger partial charge in [0.1, 0.15) is 4.66 Å². The van der Waals surface area contributed by atoms with Gasteiger partial charge in [-0.3, -0.25) is 19.1 Å². The summed E-state index contributed by atoms with van der Waals surface area (Å²) in [7, 11) is 0. The van der Waals surface area contributed by atoms with Gasteiger partial charge in [0, 0.05) is 17.7 Å². The quantitative estimate of drug-likeness (QED) is 0.701. The van der Waals surface area contributed by atoms with E-state index in [0.717, 1.165) is 11.3 Å². The zero-order valence-corrected chi connectivity index (χ0v) is 16.5. The van der Waals surface area contributed by atoms with Crippen LogP contribution in [-0.2, 0) is 11.3 Å². The Balaban J connectivity index is 2.17. The molecule has 27 heavy (non-hydrogen) atoms. The van der Waals surface area contributed by atoms with Gasteiger partial charge in [-0.25, -0.2) is 0 Å². The Bertz CT molecular complexity index is 1110. The van der Waals surface area contributed by atoms with Crippen molar-refractivity contribution in [2.24, 2.45) is 5.41 Å². The van der Waals surface area contributed by atoms with E-state index >= 15 is 0 Å². The molecule has 0 aliphatic carbocycles. The van der Waals surface area contributed by atoms with Gasteiger partial charge < -0.3 is 0 Å². The minimum atomic E-state index is -0.498. The first-order valence-corrected chi connectivity index (χ1v) is 9.59. The van der Waals surface area contributed by atoms with E-state index in [4.69, 9.17) is 0 Å². The van der Waals surface area contributed by atoms with Gasteiger partial charge in [-0.2, -0.15) is 0 Å². The van der Waals surface area contributed by atoms with Gasteiger partial charge in [0.2, 0.25) is 0 Å². The highest BCUT2D eigenvalue weighted by Gasteiger charge is 2.19. The molecule has 0 amide bonds. The molecule has 2 aromatic heterocycles. The minimum absolute atomic E-state index is 0.00468. The van der Waals surface area contributed by atoms with Crippen molar-refractivity contribution in [3.8, 4) is 0 Å². The van der Waals surface area contributed by atoms with Gasteiger partial charge in [-0.15, -0.1) is 11.3 Å². The second kappa shape index (κ2) is 7.84. The number of nitrogens with zero attached hydrogens (tertiary/aromatic N) is 2. The van der Waals surface area contributed by atoms with Crippen molar-refractivity contribution in [1.29, 1.82) is 0 Å². The lowest BCUT2D eigenvalue weighted by Crippen LogP contribution is -2.32. The third-order valence-electron chi connectivity index (χ3n) is 4.08. The fourth-order valence-electron chi connectivity index (χ4n) is 2.48. The molecule has 3 aromatic rings. The Hall–Kier alpha value is -2.79. The maximum Gasteiger partial charge on any atom is 0.269 e. The number of pyridine rings is 1. The zero-order valence-electron chi connectivity index (χ0n) is 15.7. The van der Waals surface area contributed by atoms with E-state index in [9.17, 15) is 9.59 Å². The number of hydrogen-bond acceptors (Lipinski definition) is 4. The molecule has 0 unspecified atom stereocenters. The fraction of sp³-hybridized carbons (Fsp3) is 0.227. The van der Waals surface area contributed by atoms with Crippen LogP contribution in [0.3, 0.4) is 0 Å². The van der Waals surface area contributed by atoms with Crippen LogP contribution < -0.4 is 14.8 Å².